The number of hydrogen-bond acceptors (Lipinski definition) is 5. The average molecular weight is 402 g/mol. The third-order valence-electron chi connectivity index (χ3n) is 5.17. The summed E-state index contributed by atoms with van der Waals surface area (Å²) in [6.45, 7) is 6.23. The summed E-state index contributed by atoms with van der Waals surface area (Å²) in [5, 5.41) is 3.40. The second-order valence-corrected chi connectivity index (χ2v) is 7.52. The summed E-state index contributed by atoms with van der Waals surface area (Å²) < 4.78 is 17.1. The second-order valence-electron chi connectivity index (χ2n) is 7.08. The molecule has 1 aromatic carbocycles. The number of rotatable bonds is 5. The van der Waals surface area contributed by atoms with Gasteiger partial charge in [-0.1, -0.05) is 42.1 Å². The Balaban J connectivity index is 2.03. The number of hydrogen-bond donors (Lipinski definition) is 1. The van der Waals surface area contributed by atoms with Gasteiger partial charge in [-0.15, -0.1) is 0 Å². The fraction of sp³-hybridized carbons (Fsp3) is 0.455. The number of esters is 1. The molecular formula is C22H27NO4S. The van der Waals surface area contributed by atoms with E-state index in [1.807, 2.05) is 25.1 Å². The topological polar surface area (TPSA) is 56.8 Å². The van der Waals surface area contributed by atoms with Crippen LogP contribution in [0.25, 0.3) is 0 Å². The summed E-state index contributed by atoms with van der Waals surface area (Å²) in [5.41, 5.74) is 4.34. The Kier molecular flexibility index (Phi) is 6.52. The number of allylic oxidation sites excluding steroid dienone is 2. The van der Waals surface area contributed by atoms with Crippen LogP contribution in [0, 0.1) is 6.92 Å². The highest BCUT2D eigenvalue weighted by molar-refractivity contribution is 7.80. The van der Waals surface area contributed by atoms with Crippen LogP contribution in [-0.2, 0) is 14.3 Å². The van der Waals surface area contributed by atoms with Crippen LogP contribution >= 0.6 is 12.2 Å². The molecule has 1 saturated heterocycles. The lowest BCUT2D eigenvalue weighted by Gasteiger charge is -2.28. The van der Waals surface area contributed by atoms with E-state index in [1.165, 1.54) is 5.57 Å². The van der Waals surface area contributed by atoms with Gasteiger partial charge in [0.2, 0.25) is 0 Å². The Bertz CT molecular complexity index is 830. The van der Waals surface area contributed by atoms with Crippen LogP contribution in [0.5, 0.6) is 5.75 Å². The maximum atomic E-state index is 12.1. The fourth-order valence-electron chi connectivity index (χ4n) is 3.73. The Morgan fingerprint density at radius 3 is 2.86 bits per heavy atom. The van der Waals surface area contributed by atoms with E-state index in [9.17, 15) is 4.79 Å². The summed E-state index contributed by atoms with van der Waals surface area (Å²) in [6.07, 6.45) is 4.39. The minimum absolute atomic E-state index is 0.0407. The molecule has 0 radical (unpaired) electrons. The van der Waals surface area contributed by atoms with Gasteiger partial charge in [-0.05, 0) is 50.0 Å². The molecule has 1 aromatic rings. The van der Waals surface area contributed by atoms with Gasteiger partial charge in [0.05, 0.1) is 26.2 Å². The van der Waals surface area contributed by atoms with Crippen LogP contribution in [0.4, 0.5) is 0 Å². The van der Waals surface area contributed by atoms with Crippen molar-refractivity contribution in [2.45, 2.75) is 51.9 Å². The summed E-state index contributed by atoms with van der Waals surface area (Å²) >= 11 is 5.58. The lowest BCUT2D eigenvalue weighted by Crippen LogP contribution is -2.39. The van der Waals surface area contributed by atoms with Crippen molar-refractivity contribution in [2.75, 3.05) is 13.7 Å². The SMILES string of the molecule is CCOC(=O)CC1OC(c2cccc(OC)c2C)C2=CC(C)=CCC2NC1=S. The third kappa shape index (κ3) is 4.28. The standard InChI is InChI=1S/C22H27NO4S/c1-5-26-20(24)12-19-22(28)23-17-10-9-13(2)11-16(17)21(27-19)15-7-6-8-18(25-4)14(15)3/h6-9,11,17,19,21H,5,10,12H2,1-4H3,(H,23,28). The van der Waals surface area contributed by atoms with Crippen LogP contribution in [0.2, 0.25) is 0 Å². The Morgan fingerprint density at radius 2 is 2.14 bits per heavy atom. The first-order valence-electron chi connectivity index (χ1n) is 9.57. The molecule has 1 aliphatic heterocycles. The van der Waals surface area contributed by atoms with Crippen LogP contribution in [-0.4, -0.2) is 36.8 Å². The highest BCUT2D eigenvalue weighted by atomic mass is 32.1. The Labute approximate surface area is 171 Å². The minimum atomic E-state index is -0.545. The highest BCUT2D eigenvalue weighted by Gasteiger charge is 2.36. The summed E-state index contributed by atoms with van der Waals surface area (Å²) in [5.74, 6) is 0.494. The smallest absolute Gasteiger partial charge is 0.308 e. The molecule has 1 N–H and O–H groups in total. The average Bonchev–Trinajstić information content (AvgIpc) is 2.79. The Hall–Kier alpha value is -2.18. The second kappa shape index (κ2) is 8.88. The highest BCUT2D eigenvalue weighted by Crippen LogP contribution is 2.39. The number of ether oxygens (including phenoxy) is 3. The van der Waals surface area contributed by atoms with E-state index >= 15 is 0 Å². The number of thiocarbonyl (C=S) groups is 1. The van der Waals surface area contributed by atoms with Crippen molar-refractivity contribution in [3.05, 3.63) is 52.6 Å². The van der Waals surface area contributed by atoms with E-state index < -0.39 is 6.10 Å². The van der Waals surface area contributed by atoms with E-state index in [0.717, 1.165) is 28.9 Å². The van der Waals surface area contributed by atoms with E-state index in [0.29, 0.717) is 11.6 Å². The number of carbonyl (C=O) groups is 1. The van der Waals surface area contributed by atoms with Crippen LogP contribution in [0.3, 0.4) is 0 Å². The molecule has 0 bridgehead atoms. The van der Waals surface area contributed by atoms with Crippen LogP contribution in [0.1, 0.15) is 43.9 Å². The van der Waals surface area contributed by atoms with Crippen molar-refractivity contribution in [1.82, 2.24) is 5.32 Å². The van der Waals surface area contributed by atoms with Gasteiger partial charge < -0.3 is 19.5 Å². The summed E-state index contributed by atoms with van der Waals surface area (Å²) in [6, 6.07) is 5.98. The zero-order valence-corrected chi connectivity index (χ0v) is 17.6. The quantitative estimate of drug-likeness (QED) is 0.595. The van der Waals surface area contributed by atoms with Gasteiger partial charge in [-0.3, -0.25) is 4.79 Å². The molecule has 1 heterocycles. The maximum absolute atomic E-state index is 12.1. The number of nitrogens with one attached hydrogen (secondary N) is 1. The zero-order valence-electron chi connectivity index (χ0n) is 16.8. The summed E-state index contributed by atoms with van der Waals surface area (Å²) in [7, 11) is 1.66. The van der Waals surface area contributed by atoms with E-state index in [-0.39, 0.29) is 24.5 Å². The predicted molar refractivity (Wildman–Crippen MR) is 113 cm³/mol. The van der Waals surface area contributed by atoms with Crippen molar-refractivity contribution in [1.29, 1.82) is 0 Å². The number of fused-ring (bicyclic) bond motifs is 1. The zero-order chi connectivity index (χ0) is 20.3. The van der Waals surface area contributed by atoms with Crippen molar-refractivity contribution < 1.29 is 19.0 Å². The van der Waals surface area contributed by atoms with Gasteiger partial charge in [0.15, 0.2) is 0 Å². The van der Waals surface area contributed by atoms with Crippen LogP contribution < -0.4 is 10.1 Å². The molecule has 0 spiro atoms. The predicted octanol–water partition coefficient (Wildman–Crippen LogP) is 3.96. The molecular weight excluding hydrogens is 374 g/mol. The first-order chi connectivity index (χ1) is 13.4. The van der Waals surface area contributed by atoms with Crippen molar-refractivity contribution in [2.24, 2.45) is 0 Å². The molecule has 2 aliphatic rings. The molecule has 6 heteroatoms. The monoisotopic (exact) mass is 401 g/mol. The minimum Gasteiger partial charge on any atom is -0.496 e. The van der Waals surface area contributed by atoms with Gasteiger partial charge in [0, 0.05) is 0 Å². The van der Waals surface area contributed by atoms with Gasteiger partial charge in [-0.25, -0.2) is 0 Å². The molecule has 28 heavy (non-hydrogen) atoms. The van der Waals surface area contributed by atoms with E-state index in [4.69, 9.17) is 26.4 Å². The molecule has 0 saturated carbocycles. The lowest BCUT2D eigenvalue weighted by molar-refractivity contribution is -0.145. The number of methoxy groups -OCH3 is 1. The van der Waals surface area contributed by atoms with Crippen molar-refractivity contribution >= 4 is 23.2 Å². The normalized spacial score (nSPS) is 24.3. The fourth-order valence-corrected chi connectivity index (χ4v) is 4.01. The van der Waals surface area contributed by atoms with Gasteiger partial charge >= 0.3 is 5.97 Å². The molecule has 0 amide bonds. The molecule has 3 rings (SSSR count). The van der Waals surface area contributed by atoms with E-state index in [2.05, 4.69) is 24.4 Å². The molecule has 0 aromatic heterocycles. The molecule has 1 fully saturated rings. The number of benzene rings is 1. The van der Waals surface area contributed by atoms with Crippen molar-refractivity contribution in [3.63, 3.8) is 0 Å². The third-order valence-corrected chi connectivity index (χ3v) is 5.55. The molecule has 150 valence electrons. The first-order valence-corrected chi connectivity index (χ1v) is 9.98. The van der Waals surface area contributed by atoms with E-state index in [1.54, 1.807) is 14.0 Å². The van der Waals surface area contributed by atoms with Gasteiger partial charge in [-0.2, -0.15) is 0 Å². The largest absolute Gasteiger partial charge is 0.496 e. The molecule has 3 atom stereocenters. The maximum Gasteiger partial charge on any atom is 0.308 e. The molecule has 5 nitrogen and oxygen atoms in total. The number of carbonyl (C=O) groups excluding carboxylic acids is 1. The Morgan fingerprint density at radius 1 is 1.36 bits per heavy atom. The summed E-state index contributed by atoms with van der Waals surface area (Å²) in [4.78, 5) is 12.7. The lowest BCUT2D eigenvalue weighted by atomic mass is 9.87. The van der Waals surface area contributed by atoms with Gasteiger partial charge in [0.1, 0.15) is 22.9 Å². The molecule has 1 aliphatic carbocycles. The first kappa shape index (κ1) is 20.6. The van der Waals surface area contributed by atoms with Gasteiger partial charge in [0.25, 0.3) is 0 Å². The van der Waals surface area contributed by atoms with Crippen molar-refractivity contribution in [3.8, 4) is 5.75 Å². The molecule has 3 unspecified atom stereocenters. The van der Waals surface area contributed by atoms with Crippen LogP contribution in [0.15, 0.2) is 41.5 Å².